The molecular weight excluding hydrogens is 696 g/mol. The molecule has 0 saturated carbocycles. The summed E-state index contributed by atoms with van der Waals surface area (Å²) in [5.74, 6) is -2.65. The highest BCUT2D eigenvalue weighted by atomic mass is 16.6. The predicted octanol–water partition coefficient (Wildman–Crippen LogP) is 5.13. The minimum Gasteiger partial charge on any atom is -0.463 e. The summed E-state index contributed by atoms with van der Waals surface area (Å²) in [5, 5.41) is 18.8. The molecular formula is C39H30N6O9. The van der Waals surface area contributed by atoms with Gasteiger partial charge >= 0.3 is 0 Å². The molecule has 3 aromatic carbocycles. The van der Waals surface area contributed by atoms with E-state index < -0.39 is 34.6 Å². The van der Waals surface area contributed by atoms with E-state index in [-0.39, 0.29) is 54.4 Å². The number of carbonyl (C=O) groups is 6. The number of hydrogen-bond acceptors (Lipinski definition) is 10. The van der Waals surface area contributed by atoms with Crippen LogP contribution in [0.2, 0.25) is 0 Å². The first-order valence-electron chi connectivity index (χ1n) is 16.9. The fraction of sp³-hybridized carbons (Fsp3) is 0.154. The molecule has 1 unspecified atom stereocenters. The van der Waals surface area contributed by atoms with Gasteiger partial charge in [0.1, 0.15) is 11.7 Å². The highest BCUT2D eigenvalue weighted by Crippen LogP contribution is 2.32. The van der Waals surface area contributed by atoms with E-state index in [4.69, 9.17) is 9.40 Å². The van der Waals surface area contributed by atoms with E-state index in [9.17, 15) is 38.9 Å². The molecule has 270 valence electrons. The number of rotatable bonds is 11. The molecule has 0 bridgehead atoms. The van der Waals surface area contributed by atoms with Crippen LogP contribution < -0.4 is 16.0 Å². The first-order valence-corrected chi connectivity index (χ1v) is 16.9. The molecule has 7 rings (SSSR count). The van der Waals surface area contributed by atoms with Gasteiger partial charge in [-0.05, 0) is 90.7 Å². The molecule has 5 aromatic rings. The molecule has 0 radical (unpaired) electrons. The number of nitrogens with zero attached hydrogens (tertiary/aromatic N) is 3. The molecule has 0 aliphatic carbocycles. The van der Waals surface area contributed by atoms with E-state index in [1.165, 1.54) is 36.6 Å². The SMILES string of the molecule is O=C1CCC(N2C(=O)c3ccc(NC(=O)CCCNC(=O)c4ccc(-c5cc(-c6ccc([N+](=O)[O-])cc6)nc(-c6ccco6)c5)cc4)cc3C2=O)C(=O)N1. The Morgan fingerprint density at radius 1 is 0.870 bits per heavy atom. The summed E-state index contributed by atoms with van der Waals surface area (Å²) in [5.41, 5.74) is 4.21. The van der Waals surface area contributed by atoms with Crippen molar-refractivity contribution in [2.45, 2.75) is 31.7 Å². The van der Waals surface area contributed by atoms with E-state index >= 15 is 0 Å². The Labute approximate surface area is 306 Å². The van der Waals surface area contributed by atoms with Crippen LogP contribution in [0.4, 0.5) is 11.4 Å². The second kappa shape index (κ2) is 14.7. The summed E-state index contributed by atoms with van der Waals surface area (Å²) >= 11 is 0. The Morgan fingerprint density at radius 2 is 1.59 bits per heavy atom. The molecule has 2 aromatic heterocycles. The summed E-state index contributed by atoms with van der Waals surface area (Å²) in [6.07, 6.45) is 1.96. The molecule has 2 aliphatic rings. The predicted molar refractivity (Wildman–Crippen MR) is 193 cm³/mol. The first-order chi connectivity index (χ1) is 26.0. The minimum absolute atomic E-state index is 0.00846. The van der Waals surface area contributed by atoms with Crippen molar-refractivity contribution < 1.29 is 38.1 Å². The lowest BCUT2D eigenvalue weighted by atomic mass is 10.00. The van der Waals surface area contributed by atoms with Crippen LogP contribution in [0, 0.1) is 10.1 Å². The Bertz CT molecular complexity index is 2340. The lowest BCUT2D eigenvalue weighted by molar-refractivity contribution is -0.384. The number of hydrogen-bond donors (Lipinski definition) is 3. The monoisotopic (exact) mass is 726 g/mol. The number of fused-ring (bicyclic) bond motifs is 1. The molecule has 3 N–H and O–H groups in total. The van der Waals surface area contributed by atoms with Crippen LogP contribution >= 0.6 is 0 Å². The number of pyridine rings is 1. The van der Waals surface area contributed by atoms with Gasteiger partial charge in [0.25, 0.3) is 23.4 Å². The fourth-order valence-corrected chi connectivity index (χ4v) is 6.29. The average Bonchev–Trinajstić information content (AvgIpc) is 3.80. The van der Waals surface area contributed by atoms with Gasteiger partial charge in [-0.2, -0.15) is 0 Å². The van der Waals surface area contributed by atoms with Gasteiger partial charge in [-0.25, -0.2) is 4.98 Å². The average molecular weight is 727 g/mol. The van der Waals surface area contributed by atoms with Crippen molar-refractivity contribution in [3.8, 4) is 33.8 Å². The molecule has 1 fully saturated rings. The van der Waals surface area contributed by atoms with Crippen LogP contribution in [-0.2, 0) is 14.4 Å². The van der Waals surface area contributed by atoms with Crippen LogP contribution in [0.5, 0.6) is 0 Å². The molecule has 0 spiro atoms. The van der Waals surface area contributed by atoms with E-state index in [1.807, 2.05) is 12.1 Å². The largest absolute Gasteiger partial charge is 0.463 e. The van der Waals surface area contributed by atoms with Crippen molar-refractivity contribution in [2.75, 3.05) is 11.9 Å². The van der Waals surface area contributed by atoms with Crippen molar-refractivity contribution in [3.05, 3.63) is 124 Å². The maximum atomic E-state index is 13.1. The number of nitrogens with one attached hydrogen (secondary N) is 3. The summed E-state index contributed by atoms with van der Waals surface area (Å²) in [6.45, 7) is 0.210. The van der Waals surface area contributed by atoms with Crippen LogP contribution in [0.25, 0.3) is 33.8 Å². The fourth-order valence-electron chi connectivity index (χ4n) is 6.29. The molecule has 54 heavy (non-hydrogen) atoms. The van der Waals surface area contributed by atoms with E-state index in [0.29, 0.717) is 40.4 Å². The number of imide groups is 2. The number of nitro benzene ring substituents is 1. The summed E-state index contributed by atoms with van der Waals surface area (Å²) < 4.78 is 5.57. The highest BCUT2D eigenvalue weighted by Gasteiger charge is 2.44. The van der Waals surface area contributed by atoms with Crippen molar-refractivity contribution in [2.24, 2.45) is 0 Å². The van der Waals surface area contributed by atoms with Crippen molar-refractivity contribution in [1.29, 1.82) is 0 Å². The zero-order valence-electron chi connectivity index (χ0n) is 28.4. The number of furan rings is 1. The standard InChI is InChI=1S/C39H30N6O9/c46-34(41-26-11-14-28-29(21-26)39(51)44(38(28)50)32-15-16-35(47)43-37(32)49)4-1-17-40-36(48)24-7-5-22(6-8-24)25-19-30(23-9-12-27(13-10-23)45(52)53)42-31(20-25)33-3-2-18-54-33/h2-3,5-14,18-21,32H,1,4,15-17H2,(H,40,48)(H,41,46)(H,43,47,49). The molecule has 1 saturated heterocycles. The van der Waals surface area contributed by atoms with Gasteiger partial charge in [0.05, 0.1) is 28.0 Å². The van der Waals surface area contributed by atoms with E-state index in [2.05, 4.69) is 16.0 Å². The smallest absolute Gasteiger partial charge is 0.269 e. The normalized spacial score (nSPS) is 15.1. The minimum atomic E-state index is -1.09. The zero-order valence-corrected chi connectivity index (χ0v) is 28.4. The van der Waals surface area contributed by atoms with E-state index in [0.717, 1.165) is 16.0 Å². The van der Waals surface area contributed by atoms with Crippen LogP contribution in [-0.4, -0.2) is 62.8 Å². The number of piperidine rings is 1. The van der Waals surface area contributed by atoms with E-state index in [1.54, 1.807) is 48.5 Å². The number of nitro groups is 1. The van der Waals surface area contributed by atoms with Gasteiger partial charge in [-0.3, -0.25) is 49.1 Å². The Kier molecular flexibility index (Phi) is 9.59. The number of aromatic nitrogens is 1. The molecule has 1 atom stereocenters. The summed E-state index contributed by atoms with van der Waals surface area (Å²) in [6, 6.07) is 23.5. The first kappa shape index (κ1) is 35.1. The summed E-state index contributed by atoms with van der Waals surface area (Å²) in [4.78, 5) is 91.6. The zero-order chi connectivity index (χ0) is 37.9. The number of amides is 6. The lowest BCUT2D eigenvalue weighted by Crippen LogP contribution is -2.54. The third kappa shape index (κ3) is 7.23. The van der Waals surface area contributed by atoms with Crippen LogP contribution in [0.1, 0.15) is 56.8 Å². The van der Waals surface area contributed by atoms with Crippen molar-refractivity contribution >= 4 is 46.8 Å². The molecule has 2 aliphatic heterocycles. The number of carbonyl (C=O) groups excluding carboxylic acids is 6. The maximum absolute atomic E-state index is 13.1. The molecule has 4 heterocycles. The van der Waals surface area contributed by atoms with Crippen LogP contribution in [0.15, 0.2) is 102 Å². The third-order valence-corrected chi connectivity index (χ3v) is 9.04. The Hall–Kier alpha value is -7.29. The lowest BCUT2D eigenvalue weighted by Gasteiger charge is -2.27. The van der Waals surface area contributed by atoms with Crippen molar-refractivity contribution in [1.82, 2.24) is 20.5 Å². The number of non-ortho nitro benzene ring substituents is 1. The Morgan fingerprint density at radius 3 is 2.30 bits per heavy atom. The summed E-state index contributed by atoms with van der Waals surface area (Å²) in [7, 11) is 0. The third-order valence-electron chi connectivity index (χ3n) is 9.04. The van der Waals surface area contributed by atoms with Gasteiger partial charge in [0, 0.05) is 48.3 Å². The van der Waals surface area contributed by atoms with Gasteiger partial charge in [0.2, 0.25) is 17.7 Å². The number of benzene rings is 3. The van der Waals surface area contributed by atoms with Crippen molar-refractivity contribution in [3.63, 3.8) is 0 Å². The second-order valence-electron chi connectivity index (χ2n) is 12.6. The number of anilines is 1. The topological polar surface area (TPSA) is 211 Å². The molecule has 6 amide bonds. The molecule has 15 heteroatoms. The maximum Gasteiger partial charge on any atom is 0.269 e. The van der Waals surface area contributed by atoms with Gasteiger partial charge < -0.3 is 15.1 Å². The highest BCUT2D eigenvalue weighted by molar-refractivity contribution is 6.24. The van der Waals surface area contributed by atoms with Crippen LogP contribution in [0.3, 0.4) is 0 Å². The van der Waals surface area contributed by atoms with Gasteiger partial charge in [0.15, 0.2) is 5.76 Å². The quantitative estimate of drug-likeness (QED) is 0.0706. The molecule has 15 nitrogen and oxygen atoms in total. The van der Waals surface area contributed by atoms with Gasteiger partial charge in [-0.15, -0.1) is 0 Å². The second-order valence-corrected chi connectivity index (χ2v) is 12.6. The Balaban J connectivity index is 0.939. The van der Waals surface area contributed by atoms with Gasteiger partial charge in [-0.1, -0.05) is 12.1 Å².